The summed E-state index contributed by atoms with van der Waals surface area (Å²) in [5.74, 6) is 0.274. The van der Waals surface area contributed by atoms with Crippen LogP contribution >= 0.6 is 0 Å². The average Bonchev–Trinajstić information content (AvgIpc) is 2.88. The van der Waals surface area contributed by atoms with Gasteiger partial charge in [0.2, 0.25) is 5.95 Å². The Morgan fingerprint density at radius 2 is 1.58 bits per heavy atom. The van der Waals surface area contributed by atoms with E-state index >= 15 is 0 Å². The van der Waals surface area contributed by atoms with Crippen LogP contribution in [0.25, 0.3) is 11.1 Å². The van der Waals surface area contributed by atoms with Crippen LogP contribution in [0.1, 0.15) is 23.2 Å². The van der Waals surface area contributed by atoms with Crippen LogP contribution in [0.2, 0.25) is 0 Å². The Morgan fingerprint density at radius 3 is 2.21 bits per heavy atom. The van der Waals surface area contributed by atoms with Crippen molar-refractivity contribution in [2.45, 2.75) is 12.8 Å². The third kappa shape index (κ3) is 5.83. The summed E-state index contributed by atoms with van der Waals surface area (Å²) >= 11 is 0. The average molecular weight is 447 g/mol. The largest absolute Gasteiger partial charge is 0.341 e. The Labute approximate surface area is 191 Å². The van der Waals surface area contributed by atoms with E-state index in [-0.39, 0.29) is 11.6 Å². The number of carbonyl (C=O) groups excluding carboxylic acids is 2. The number of piperidine rings is 1. The summed E-state index contributed by atoms with van der Waals surface area (Å²) < 4.78 is 0. The number of nitrogens with one attached hydrogen (secondary N) is 3. The zero-order valence-electron chi connectivity index (χ0n) is 18.1. The molecule has 0 bridgehead atoms. The molecule has 0 aliphatic carbocycles. The molecule has 1 aliphatic heterocycles. The molecule has 1 saturated heterocycles. The molecule has 0 unspecified atom stereocenters. The maximum absolute atomic E-state index is 12.3. The number of hydroxylamine groups is 1. The van der Waals surface area contributed by atoms with Gasteiger partial charge in [-0.3, -0.25) is 10.0 Å². The highest BCUT2D eigenvalue weighted by Crippen LogP contribution is 2.22. The number of amides is 3. The molecule has 0 saturated carbocycles. The van der Waals surface area contributed by atoms with E-state index in [4.69, 9.17) is 5.21 Å². The van der Waals surface area contributed by atoms with Gasteiger partial charge in [-0.2, -0.15) is 0 Å². The molecule has 33 heavy (non-hydrogen) atoms. The van der Waals surface area contributed by atoms with Gasteiger partial charge in [-0.25, -0.2) is 20.2 Å². The lowest BCUT2D eigenvalue weighted by atomic mass is 9.97. The van der Waals surface area contributed by atoms with Crippen molar-refractivity contribution < 1.29 is 14.8 Å². The molecular formula is C24H26N6O3. The van der Waals surface area contributed by atoms with Crippen LogP contribution in [0.15, 0.2) is 67.0 Å². The third-order valence-corrected chi connectivity index (χ3v) is 5.70. The van der Waals surface area contributed by atoms with Gasteiger partial charge in [-0.15, -0.1) is 0 Å². The van der Waals surface area contributed by atoms with E-state index in [1.807, 2.05) is 47.4 Å². The van der Waals surface area contributed by atoms with Gasteiger partial charge in [-0.1, -0.05) is 42.5 Å². The standard InChI is InChI=1S/C24H26N6O3/c31-22(29-33)20-15-25-23(26-16-20)30-12-10-17(11-13-30)14-27-24(32)28-21-8-6-19(7-9-21)18-4-2-1-3-5-18/h1-9,15-17,33H,10-14H2,(H,29,31)(H2,27,28,32). The molecule has 1 aliphatic rings. The highest BCUT2D eigenvalue weighted by atomic mass is 16.5. The van der Waals surface area contributed by atoms with Crippen LogP contribution in [0.5, 0.6) is 0 Å². The minimum atomic E-state index is -0.642. The quantitative estimate of drug-likeness (QED) is 0.341. The summed E-state index contributed by atoms with van der Waals surface area (Å²) in [6, 6.07) is 17.7. The summed E-state index contributed by atoms with van der Waals surface area (Å²) in [7, 11) is 0. The second-order valence-corrected chi connectivity index (χ2v) is 7.92. The molecule has 2 heterocycles. The molecule has 4 rings (SSSR count). The molecule has 1 aromatic heterocycles. The van der Waals surface area contributed by atoms with E-state index in [9.17, 15) is 9.59 Å². The van der Waals surface area contributed by atoms with Crippen LogP contribution in [-0.2, 0) is 0 Å². The van der Waals surface area contributed by atoms with E-state index in [0.29, 0.717) is 18.4 Å². The Hall–Kier alpha value is -3.98. The first kappa shape index (κ1) is 22.2. The van der Waals surface area contributed by atoms with Gasteiger partial charge in [0.15, 0.2) is 0 Å². The predicted octanol–water partition coefficient (Wildman–Crippen LogP) is 3.30. The molecule has 2 aromatic carbocycles. The highest BCUT2D eigenvalue weighted by molar-refractivity contribution is 5.92. The molecule has 3 aromatic rings. The van der Waals surface area contributed by atoms with Gasteiger partial charge in [0, 0.05) is 37.7 Å². The number of aromatic nitrogens is 2. The number of carbonyl (C=O) groups is 2. The van der Waals surface area contributed by atoms with Crippen molar-refractivity contribution in [1.82, 2.24) is 20.8 Å². The summed E-state index contributed by atoms with van der Waals surface area (Å²) in [6.45, 7) is 2.12. The molecule has 4 N–H and O–H groups in total. The normalized spacial score (nSPS) is 13.9. The van der Waals surface area contributed by atoms with Gasteiger partial charge >= 0.3 is 6.03 Å². The van der Waals surface area contributed by atoms with Crippen molar-refractivity contribution in [1.29, 1.82) is 0 Å². The van der Waals surface area contributed by atoms with Crippen molar-refractivity contribution >= 4 is 23.6 Å². The summed E-state index contributed by atoms with van der Waals surface area (Å²) in [5.41, 5.74) is 4.74. The van der Waals surface area contributed by atoms with Gasteiger partial charge in [0.05, 0.1) is 5.56 Å². The Kier molecular flexibility index (Phi) is 7.11. The molecule has 9 nitrogen and oxygen atoms in total. The molecule has 0 spiro atoms. The van der Waals surface area contributed by atoms with Crippen LogP contribution in [0.3, 0.4) is 0 Å². The lowest BCUT2D eigenvalue weighted by Crippen LogP contribution is -2.40. The topological polar surface area (TPSA) is 119 Å². The minimum Gasteiger partial charge on any atom is -0.341 e. The number of urea groups is 1. The maximum atomic E-state index is 12.3. The van der Waals surface area contributed by atoms with E-state index in [1.54, 1.807) is 5.48 Å². The molecular weight excluding hydrogens is 420 g/mol. The van der Waals surface area contributed by atoms with E-state index < -0.39 is 5.91 Å². The maximum Gasteiger partial charge on any atom is 0.319 e. The van der Waals surface area contributed by atoms with Gasteiger partial charge in [0.1, 0.15) is 0 Å². The number of rotatable bonds is 6. The van der Waals surface area contributed by atoms with E-state index in [0.717, 1.165) is 42.7 Å². The fourth-order valence-electron chi connectivity index (χ4n) is 3.79. The van der Waals surface area contributed by atoms with Crippen molar-refractivity contribution in [2.24, 2.45) is 5.92 Å². The van der Waals surface area contributed by atoms with Crippen molar-refractivity contribution in [2.75, 3.05) is 29.9 Å². The minimum absolute atomic E-state index is 0.195. The monoisotopic (exact) mass is 446 g/mol. The summed E-state index contributed by atoms with van der Waals surface area (Å²) in [6.07, 6.45) is 4.57. The third-order valence-electron chi connectivity index (χ3n) is 5.70. The first-order chi connectivity index (χ1) is 16.1. The van der Waals surface area contributed by atoms with Gasteiger partial charge < -0.3 is 15.5 Å². The van der Waals surface area contributed by atoms with E-state index in [1.165, 1.54) is 12.4 Å². The van der Waals surface area contributed by atoms with Crippen LogP contribution in [-0.4, -0.2) is 46.7 Å². The van der Waals surface area contributed by atoms with Crippen molar-refractivity contribution in [3.8, 4) is 11.1 Å². The SMILES string of the molecule is O=C(NCC1CCN(c2ncc(C(=O)NO)cn2)CC1)Nc1ccc(-c2ccccc2)cc1. The Morgan fingerprint density at radius 1 is 0.939 bits per heavy atom. The van der Waals surface area contributed by atoms with Crippen LogP contribution < -0.4 is 21.0 Å². The van der Waals surface area contributed by atoms with Crippen molar-refractivity contribution in [3.05, 3.63) is 72.6 Å². The smallest absolute Gasteiger partial charge is 0.319 e. The second-order valence-electron chi connectivity index (χ2n) is 7.92. The number of nitrogens with zero attached hydrogens (tertiary/aromatic N) is 3. The molecule has 170 valence electrons. The molecule has 0 atom stereocenters. The number of anilines is 2. The predicted molar refractivity (Wildman–Crippen MR) is 125 cm³/mol. The first-order valence-electron chi connectivity index (χ1n) is 10.8. The highest BCUT2D eigenvalue weighted by Gasteiger charge is 2.21. The van der Waals surface area contributed by atoms with Gasteiger partial charge in [0.25, 0.3) is 5.91 Å². The Bertz CT molecular complexity index is 1070. The number of benzene rings is 2. The van der Waals surface area contributed by atoms with Crippen LogP contribution in [0, 0.1) is 5.92 Å². The fourth-order valence-corrected chi connectivity index (χ4v) is 3.79. The molecule has 1 fully saturated rings. The zero-order valence-corrected chi connectivity index (χ0v) is 18.1. The summed E-state index contributed by atoms with van der Waals surface area (Å²) in [5, 5.41) is 14.5. The lowest BCUT2D eigenvalue weighted by Gasteiger charge is -2.32. The lowest BCUT2D eigenvalue weighted by molar-refractivity contribution is 0.0705. The molecule has 9 heteroatoms. The second kappa shape index (κ2) is 10.6. The number of hydrogen-bond donors (Lipinski definition) is 4. The van der Waals surface area contributed by atoms with Gasteiger partial charge in [-0.05, 0) is 42.0 Å². The zero-order chi connectivity index (χ0) is 23.0. The molecule has 3 amide bonds. The molecule has 0 radical (unpaired) electrons. The fraction of sp³-hybridized carbons (Fsp3) is 0.250. The van der Waals surface area contributed by atoms with E-state index in [2.05, 4.69) is 32.7 Å². The number of hydrogen-bond acceptors (Lipinski definition) is 6. The van der Waals surface area contributed by atoms with Crippen molar-refractivity contribution in [3.63, 3.8) is 0 Å². The van der Waals surface area contributed by atoms with Crippen LogP contribution in [0.4, 0.5) is 16.4 Å². The Balaban J connectivity index is 1.20. The first-order valence-corrected chi connectivity index (χ1v) is 10.8. The summed E-state index contributed by atoms with van der Waals surface area (Å²) in [4.78, 5) is 34.1.